The number of carbonyl (C=O) groups is 1. The van der Waals surface area contributed by atoms with Crippen LogP contribution in [0.4, 0.5) is 9.18 Å². The fraction of sp³-hybridized carbons (Fsp3) is 0.375. The molecule has 0 saturated carbocycles. The third-order valence-corrected chi connectivity index (χ3v) is 5.77. The van der Waals surface area contributed by atoms with E-state index in [0.29, 0.717) is 17.9 Å². The lowest BCUT2D eigenvalue weighted by molar-refractivity contribution is 0.136. The van der Waals surface area contributed by atoms with Crippen LogP contribution >= 0.6 is 0 Å². The Morgan fingerprint density at radius 3 is 2.45 bits per heavy atom. The van der Waals surface area contributed by atoms with E-state index in [-0.39, 0.29) is 11.2 Å². The quantitative estimate of drug-likeness (QED) is 0.501. The van der Waals surface area contributed by atoms with E-state index in [0.717, 1.165) is 29.7 Å². The summed E-state index contributed by atoms with van der Waals surface area (Å²) in [6.45, 7) is 6.56. The Kier molecular flexibility index (Phi) is 6.73. The molecule has 164 valence electrons. The van der Waals surface area contributed by atoms with Crippen molar-refractivity contribution in [2.45, 2.75) is 46.1 Å². The van der Waals surface area contributed by atoms with Gasteiger partial charge >= 0.3 is 6.09 Å². The molecule has 2 heterocycles. The average Bonchev–Trinajstić information content (AvgIpc) is 3.20. The van der Waals surface area contributed by atoms with E-state index in [1.807, 2.05) is 24.3 Å². The Bertz CT molecular complexity index is 1010. The van der Waals surface area contributed by atoms with E-state index in [1.165, 1.54) is 17.2 Å². The molecule has 1 atom stereocenters. The molecule has 1 amide bonds. The standard InChI is InChI=1S/C24H29FN4O2/c1-5-24(2,3)13-19-15-27-22(28-19)21(29(4)23(30)31)12-16-6-8-17(9-7-16)20-11-10-18(25)14-26-20/h6-11,14-15,21H,5,12-13H2,1-4H3,(H,27,28)(H,30,31). The maximum absolute atomic E-state index is 13.1. The summed E-state index contributed by atoms with van der Waals surface area (Å²) in [4.78, 5) is 24.9. The summed E-state index contributed by atoms with van der Waals surface area (Å²) in [5, 5.41) is 9.58. The van der Waals surface area contributed by atoms with Gasteiger partial charge in [0.1, 0.15) is 11.6 Å². The Labute approximate surface area is 182 Å². The van der Waals surface area contributed by atoms with Crippen LogP contribution in [-0.2, 0) is 12.8 Å². The molecule has 0 fully saturated rings. The minimum atomic E-state index is -1.01. The second kappa shape index (κ2) is 9.29. The number of nitrogens with one attached hydrogen (secondary N) is 1. The highest BCUT2D eigenvalue weighted by molar-refractivity contribution is 5.65. The monoisotopic (exact) mass is 424 g/mol. The van der Waals surface area contributed by atoms with Crippen molar-refractivity contribution >= 4 is 6.09 Å². The molecule has 2 aromatic heterocycles. The van der Waals surface area contributed by atoms with Gasteiger partial charge in [-0.25, -0.2) is 14.2 Å². The predicted octanol–water partition coefficient (Wildman–Crippen LogP) is 5.48. The number of halogens is 1. The van der Waals surface area contributed by atoms with Crippen molar-refractivity contribution in [2.75, 3.05) is 7.05 Å². The number of H-pyrrole nitrogens is 1. The number of imidazole rings is 1. The van der Waals surface area contributed by atoms with Gasteiger partial charge in [-0.15, -0.1) is 0 Å². The number of pyridine rings is 1. The first-order valence-electron chi connectivity index (χ1n) is 10.4. The lowest BCUT2D eigenvalue weighted by Gasteiger charge is -2.24. The molecule has 1 aromatic carbocycles. The summed E-state index contributed by atoms with van der Waals surface area (Å²) < 4.78 is 13.1. The molecule has 7 heteroatoms. The van der Waals surface area contributed by atoms with Gasteiger partial charge in [0.15, 0.2) is 0 Å². The van der Waals surface area contributed by atoms with E-state index in [2.05, 4.69) is 35.7 Å². The lowest BCUT2D eigenvalue weighted by atomic mass is 9.85. The van der Waals surface area contributed by atoms with Gasteiger partial charge in [0.25, 0.3) is 0 Å². The molecule has 3 aromatic rings. The van der Waals surface area contributed by atoms with E-state index in [4.69, 9.17) is 0 Å². The molecule has 1 unspecified atom stereocenters. The molecular formula is C24H29FN4O2. The maximum Gasteiger partial charge on any atom is 0.407 e. The Morgan fingerprint density at radius 2 is 1.87 bits per heavy atom. The number of benzene rings is 1. The summed E-state index contributed by atoms with van der Waals surface area (Å²) >= 11 is 0. The molecular weight excluding hydrogens is 395 g/mol. The Balaban J connectivity index is 1.81. The molecule has 0 aliphatic carbocycles. The van der Waals surface area contributed by atoms with Gasteiger partial charge in [-0.05, 0) is 29.5 Å². The number of nitrogens with zero attached hydrogens (tertiary/aromatic N) is 3. The van der Waals surface area contributed by atoms with Gasteiger partial charge in [0.2, 0.25) is 0 Å². The molecule has 0 bridgehead atoms. The van der Waals surface area contributed by atoms with Crippen LogP contribution in [0.5, 0.6) is 0 Å². The number of likely N-dealkylation sites (N-methyl/N-ethyl adjacent to an activating group) is 1. The molecule has 6 nitrogen and oxygen atoms in total. The van der Waals surface area contributed by atoms with Gasteiger partial charge in [-0.1, -0.05) is 51.5 Å². The molecule has 0 saturated heterocycles. The number of hydrogen-bond donors (Lipinski definition) is 2. The van der Waals surface area contributed by atoms with Crippen LogP contribution in [0.1, 0.15) is 50.3 Å². The normalized spacial score (nSPS) is 12.5. The lowest BCUT2D eigenvalue weighted by Crippen LogP contribution is -2.32. The van der Waals surface area contributed by atoms with Crippen LogP contribution in [0.3, 0.4) is 0 Å². The molecule has 0 aliphatic heterocycles. The fourth-order valence-corrected chi connectivity index (χ4v) is 3.41. The van der Waals surface area contributed by atoms with Gasteiger partial charge in [0.05, 0.1) is 17.9 Å². The van der Waals surface area contributed by atoms with E-state index >= 15 is 0 Å². The van der Waals surface area contributed by atoms with Gasteiger partial charge in [0, 0.05) is 30.9 Å². The minimum Gasteiger partial charge on any atom is -0.465 e. The van der Waals surface area contributed by atoms with Crippen LogP contribution in [-0.4, -0.2) is 38.1 Å². The molecule has 3 rings (SSSR count). The zero-order chi connectivity index (χ0) is 22.6. The van der Waals surface area contributed by atoms with Crippen LogP contribution < -0.4 is 0 Å². The van der Waals surface area contributed by atoms with Crippen LogP contribution in [0.25, 0.3) is 11.3 Å². The van der Waals surface area contributed by atoms with E-state index in [1.54, 1.807) is 19.3 Å². The van der Waals surface area contributed by atoms with Crippen LogP contribution in [0.15, 0.2) is 48.8 Å². The second-order valence-electron chi connectivity index (χ2n) is 8.66. The van der Waals surface area contributed by atoms with E-state index < -0.39 is 12.1 Å². The zero-order valence-corrected chi connectivity index (χ0v) is 18.4. The largest absolute Gasteiger partial charge is 0.465 e. The van der Waals surface area contributed by atoms with Crippen molar-refractivity contribution in [1.82, 2.24) is 19.9 Å². The number of carboxylic acid groups (broad SMARTS) is 1. The van der Waals surface area contributed by atoms with Gasteiger partial charge in [-0.2, -0.15) is 0 Å². The summed E-state index contributed by atoms with van der Waals surface area (Å²) in [6, 6.07) is 10.3. The third kappa shape index (κ3) is 5.69. The Hall–Kier alpha value is -3.22. The second-order valence-corrected chi connectivity index (χ2v) is 8.66. The molecule has 0 radical (unpaired) electrons. The summed E-state index contributed by atoms with van der Waals surface area (Å²) in [7, 11) is 1.56. The molecule has 0 spiro atoms. The molecule has 0 aliphatic rings. The zero-order valence-electron chi connectivity index (χ0n) is 18.4. The Morgan fingerprint density at radius 1 is 1.16 bits per heavy atom. The van der Waals surface area contributed by atoms with E-state index in [9.17, 15) is 14.3 Å². The topological polar surface area (TPSA) is 82.1 Å². The van der Waals surface area contributed by atoms with Crippen LogP contribution in [0.2, 0.25) is 0 Å². The van der Waals surface area contributed by atoms with Crippen molar-refractivity contribution in [3.05, 3.63) is 71.7 Å². The first-order chi connectivity index (χ1) is 14.7. The summed E-state index contributed by atoms with van der Waals surface area (Å²) in [5.41, 5.74) is 3.66. The maximum atomic E-state index is 13.1. The molecule has 2 N–H and O–H groups in total. The first-order valence-corrected chi connectivity index (χ1v) is 10.4. The number of rotatable bonds is 8. The molecule has 31 heavy (non-hydrogen) atoms. The summed E-state index contributed by atoms with van der Waals surface area (Å²) in [5.74, 6) is 0.260. The highest BCUT2D eigenvalue weighted by Gasteiger charge is 2.25. The van der Waals surface area contributed by atoms with Gasteiger partial charge < -0.3 is 15.0 Å². The number of amides is 1. The number of hydrogen-bond acceptors (Lipinski definition) is 3. The van der Waals surface area contributed by atoms with Crippen molar-refractivity contribution in [1.29, 1.82) is 0 Å². The first kappa shape index (κ1) is 22.5. The minimum absolute atomic E-state index is 0.141. The highest BCUT2D eigenvalue weighted by Crippen LogP contribution is 2.28. The van der Waals surface area contributed by atoms with Crippen molar-refractivity contribution < 1.29 is 14.3 Å². The summed E-state index contributed by atoms with van der Waals surface area (Å²) in [6.07, 6.45) is 4.34. The smallest absolute Gasteiger partial charge is 0.407 e. The fourth-order valence-electron chi connectivity index (χ4n) is 3.41. The SMILES string of the molecule is CCC(C)(C)Cc1cnc(C(Cc2ccc(-c3ccc(F)cn3)cc2)N(C)C(=O)O)[nH]1. The van der Waals surface area contributed by atoms with Crippen LogP contribution in [0, 0.1) is 11.2 Å². The number of aromatic nitrogens is 3. The van der Waals surface area contributed by atoms with Gasteiger partial charge in [-0.3, -0.25) is 4.98 Å². The van der Waals surface area contributed by atoms with Crippen molar-refractivity contribution in [3.63, 3.8) is 0 Å². The highest BCUT2D eigenvalue weighted by atomic mass is 19.1. The third-order valence-electron chi connectivity index (χ3n) is 5.77. The average molecular weight is 425 g/mol. The predicted molar refractivity (Wildman–Crippen MR) is 118 cm³/mol. The number of aromatic amines is 1. The van der Waals surface area contributed by atoms with Crippen molar-refractivity contribution in [3.8, 4) is 11.3 Å². The van der Waals surface area contributed by atoms with Crippen molar-refractivity contribution in [2.24, 2.45) is 5.41 Å².